The van der Waals surface area contributed by atoms with Crippen LogP contribution in [0.15, 0.2) is 45.5 Å². The van der Waals surface area contributed by atoms with Gasteiger partial charge in [-0.05, 0) is 31.5 Å². The maximum Gasteiger partial charge on any atom is 0.300 e. The molecule has 2 aromatic rings. The lowest BCUT2D eigenvalue weighted by Crippen LogP contribution is -2.34. The number of hydrogen-bond donors (Lipinski definition) is 2. The Balaban J connectivity index is 2.12. The summed E-state index contributed by atoms with van der Waals surface area (Å²) < 4.78 is 43.9. The molecule has 0 aliphatic heterocycles. The van der Waals surface area contributed by atoms with Gasteiger partial charge in [0.1, 0.15) is 11.5 Å². The number of amides is 2. The van der Waals surface area contributed by atoms with Gasteiger partial charge in [0.25, 0.3) is 21.8 Å². The molecule has 12 heteroatoms. The summed E-state index contributed by atoms with van der Waals surface area (Å²) in [6, 6.07) is 5.21. The summed E-state index contributed by atoms with van der Waals surface area (Å²) in [7, 11) is -3.21. The maximum absolute atomic E-state index is 13.0. The highest BCUT2D eigenvalue weighted by Crippen LogP contribution is 2.18. The van der Waals surface area contributed by atoms with E-state index in [1.165, 1.54) is 45.2 Å². The lowest BCUT2D eigenvalue weighted by Gasteiger charge is -2.18. The second-order valence-corrected chi connectivity index (χ2v) is 7.42. The van der Waals surface area contributed by atoms with E-state index in [4.69, 9.17) is 9.36 Å². The lowest BCUT2D eigenvalue weighted by atomic mass is 10.2. The third-order valence-corrected chi connectivity index (χ3v) is 5.24. The smallest absolute Gasteiger partial charge is 0.300 e. The van der Waals surface area contributed by atoms with Crippen LogP contribution < -0.4 is 4.72 Å². The first-order valence-corrected chi connectivity index (χ1v) is 9.54. The number of sulfonamides is 1. The van der Waals surface area contributed by atoms with Crippen molar-refractivity contribution in [1.82, 2.24) is 14.9 Å². The highest BCUT2D eigenvalue weighted by Gasteiger charge is 2.28. The van der Waals surface area contributed by atoms with E-state index in [-0.39, 0.29) is 22.9 Å². The fraction of sp³-hybridized carbons (Fsp3) is 0.235. The van der Waals surface area contributed by atoms with Crippen LogP contribution in [0.5, 0.6) is 0 Å². The minimum Gasteiger partial charge on any atom is -0.503 e. The number of aliphatic hydroxyl groups excluding tert-OH is 1. The van der Waals surface area contributed by atoms with E-state index in [9.17, 15) is 27.5 Å². The summed E-state index contributed by atoms with van der Waals surface area (Å²) in [5, 5.41) is 14.1. The van der Waals surface area contributed by atoms with Crippen molar-refractivity contribution in [2.45, 2.75) is 25.3 Å². The van der Waals surface area contributed by atoms with E-state index in [1.54, 1.807) is 4.72 Å². The van der Waals surface area contributed by atoms with Crippen molar-refractivity contribution in [2.24, 2.45) is 0 Å². The number of carbonyl (C=O) groups excluding carboxylic acids is 2. The molecule has 0 bridgehead atoms. The average Bonchev–Trinajstić information content (AvgIpc) is 2.99. The molecule has 0 fully saturated rings. The molecule has 1 aromatic carbocycles. The van der Waals surface area contributed by atoms with Gasteiger partial charge < -0.3 is 9.63 Å². The molecule has 0 aliphatic rings. The normalized spacial score (nSPS) is 11.9. The SMILES string of the molecule is CON(Cc1ccc(F)cc1)C(=O)/C=C(\O)C(=O)NS(=O)(=O)c1c(C)noc1C. The number of benzene rings is 1. The van der Waals surface area contributed by atoms with E-state index in [0.29, 0.717) is 11.6 Å². The second kappa shape index (κ2) is 8.84. The van der Waals surface area contributed by atoms with Crippen molar-refractivity contribution in [3.8, 4) is 0 Å². The Bertz CT molecular complexity index is 1030. The molecule has 0 aliphatic carbocycles. The lowest BCUT2D eigenvalue weighted by molar-refractivity contribution is -0.173. The number of rotatable bonds is 7. The number of hydroxylamine groups is 2. The van der Waals surface area contributed by atoms with Gasteiger partial charge in [0.2, 0.25) is 0 Å². The van der Waals surface area contributed by atoms with Crippen molar-refractivity contribution < 1.29 is 36.9 Å². The molecule has 29 heavy (non-hydrogen) atoms. The monoisotopic (exact) mass is 427 g/mol. The Morgan fingerprint density at radius 1 is 1.31 bits per heavy atom. The molecule has 0 radical (unpaired) electrons. The van der Waals surface area contributed by atoms with Crippen LogP contribution in [0, 0.1) is 19.7 Å². The molecule has 0 unspecified atom stereocenters. The highest BCUT2D eigenvalue weighted by molar-refractivity contribution is 7.90. The van der Waals surface area contributed by atoms with Crippen molar-refractivity contribution in [2.75, 3.05) is 7.11 Å². The number of nitrogens with one attached hydrogen (secondary N) is 1. The largest absolute Gasteiger partial charge is 0.503 e. The van der Waals surface area contributed by atoms with Crippen LogP contribution in [0.2, 0.25) is 0 Å². The number of hydrogen-bond acceptors (Lipinski definition) is 8. The molecule has 2 amide bonds. The summed E-state index contributed by atoms with van der Waals surface area (Å²) in [4.78, 5) is 28.7. The molecular formula is C17H18FN3O7S. The van der Waals surface area contributed by atoms with Gasteiger partial charge in [-0.3, -0.25) is 14.4 Å². The highest BCUT2D eigenvalue weighted by atomic mass is 32.2. The number of nitrogens with zero attached hydrogens (tertiary/aromatic N) is 2. The molecule has 0 saturated heterocycles. The summed E-state index contributed by atoms with van der Waals surface area (Å²) in [6.45, 7) is 2.59. The Labute approximate surface area is 165 Å². The molecule has 156 valence electrons. The predicted octanol–water partition coefficient (Wildman–Crippen LogP) is 1.27. The van der Waals surface area contributed by atoms with Crippen LogP contribution in [0.1, 0.15) is 17.0 Å². The van der Waals surface area contributed by atoms with Crippen LogP contribution in [0.4, 0.5) is 4.39 Å². The minimum absolute atomic E-state index is 0.0206. The third kappa shape index (κ3) is 5.39. The zero-order valence-electron chi connectivity index (χ0n) is 15.7. The molecule has 0 spiro atoms. The summed E-state index contributed by atoms with van der Waals surface area (Å²) in [6.07, 6.45) is 0.491. The topological polar surface area (TPSA) is 139 Å². The van der Waals surface area contributed by atoms with Crippen molar-refractivity contribution in [1.29, 1.82) is 0 Å². The van der Waals surface area contributed by atoms with Crippen molar-refractivity contribution in [3.05, 3.63) is 58.9 Å². The standard InChI is InChI=1S/C17H18FN3O7S/c1-10-16(11(2)28-19-10)29(25,26)20-17(24)14(22)8-15(23)21(27-3)9-12-4-6-13(18)7-5-12/h4-8,22H,9H2,1-3H3,(H,20,24)/b14-8-. The number of halogens is 1. The van der Waals surface area contributed by atoms with Crippen molar-refractivity contribution in [3.63, 3.8) is 0 Å². The predicted molar refractivity (Wildman–Crippen MR) is 96.0 cm³/mol. The summed E-state index contributed by atoms with van der Waals surface area (Å²) >= 11 is 0. The number of carbonyl (C=O) groups is 2. The van der Waals surface area contributed by atoms with Crippen molar-refractivity contribution >= 4 is 21.8 Å². The molecule has 2 N–H and O–H groups in total. The van der Waals surface area contributed by atoms with Crippen LogP contribution in [-0.4, -0.2) is 42.7 Å². The Morgan fingerprint density at radius 3 is 2.45 bits per heavy atom. The van der Waals surface area contributed by atoms with E-state index < -0.39 is 33.4 Å². The Morgan fingerprint density at radius 2 is 1.93 bits per heavy atom. The second-order valence-electron chi connectivity index (χ2n) is 5.80. The molecule has 1 aromatic heterocycles. The Kier molecular flexibility index (Phi) is 6.72. The van der Waals surface area contributed by atoms with Crippen LogP contribution in [0.3, 0.4) is 0 Å². The Hall–Kier alpha value is -3.25. The minimum atomic E-state index is -4.39. The summed E-state index contributed by atoms with van der Waals surface area (Å²) in [5.41, 5.74) is 0.534. The van der Waals surface area contributed by atoms with Crippen LogP contribution in [-0.2, 0) is 31.0 Å². The van der Waals surface area contributed by atoms with Gasteiger partial charge in [0.15, 0.2) is 16.4 Å². The first-order valence-electron chi connectivity index (χ1n) is 8.06. The van der Waals surface area contributed by atoms with Crippen LogP contribution >= 0.6 is 0 Å². The van der Waals surface area contributed by atoms with Crippen LogP contribution in [0.25, 0.3) is 0 Å². The molecule has 1 heterocycles. The van der Waals surface area contributed by atoms with Gasteiger partial charge in [-0.25, -0.2) is 22.6 Å². The maximum atomic E-state index is 13.0. The fourth-order valence-corrected chi connectivity index (χ4v) is 3.62. The molecule has 10 nitrogen and oxygen atoms in total. The number of aryl methyl sites for hydroxylation is 2. The first-order chi connectivity index (χ1) is 13.5. The molecule has 2 rings (SSSR count). The average molecular weight is 427 g/mol. The van der Waals surface area contributed by atoms with Gasteiger partial charge in [-0.1, -0.05) is 17.3 Å². The molecular weight excluding hydrogens is 409 g/mol. The fourth-order valence-electron chi connectivity index (χ4n) is 2.33. The number of aromatic nitrogens is 1. The van der Waals surface area contributed by atoms with E-state index in [0.717, 1.165) is 5.06 Å². The third-order valence-electron chi connectivity index (χ3n) is 3.66. The molecule has 0 saturated carbocycles. The first kappa shape index (κ1) is 22.0. The van der Waals surface area contributed by atoms with E-state index in [2.05, 4.69) is 5.16 Å². The molecule has 0 atom stereocenters. The van der Waals surface area contributed by atoms with Gasteiger partial charge >= 0.3 is 0 Å². The van der Waals surface area contributed by atoms with E-state index >= 15 is 0 Å². The summed E-state index contributed by atoms with van der Waals surface area (Å²) in [5.74, 6) is -4.05. The number of aliphatic hydroxyl groups is 1. The quantitative estimate of drug-likeness (QED) is 0.383. The van der Waals surface area contributed by atoms with Gasteiger partial charge in [0, 0.05) is 0 Å². The van der Waals surface area contributed by atoms with Gasteiger partial charge in [-0.15, -0.1) is 0 Å². The van der Waals surface area contributed by atoms with Gasteiger partial charge in [-0.2, -0.15) is 0 Å². The zero-order chi connectivity index (χ0) is 21.8. The zero-order valence-corrected chi connectivity index (χ0v) is 16.5. The van der Waals surface area contributed by atoms with E-state index in [1.807, 2.05) is 0 Å². The van der Waals surface area contributed by atoms with Gasteiger partial charge in [0.05, 0.1) is 19.7 Å².